The summed E-state index contributed by atoms with van der Waals surface area (Å²) in [5.74, 6) is -0.334. The average Bonchev–Trinajstić information content (AvgIpc) is 1.87. The highest BCUT2D eigenvalue weighted by atomic mass is 16.5. The third kappa shape index (κ3) is 4.79. The van der Waals surface area contributed by atoms with E-state index < -0.39 is 5.60 Å². The first-order chi connectivity index (χ1) is 5.02. The average molecular weight is 160 g/mol. The van der Waals surface area contributed by atoms with Gasteiger partial charge in [-0.25, -0.2) is 0 Å². The van der Waals surface area contributed by atoms with Crippen molar-refractivity contribution >= 4 is 5.97 Å². The highest BCUT2D eigenvalue weighted by Gasteiger charge is 2.22. The second-order valence-corrected chi connectivity index (χ2v) is 2.83. The van der Waals surface area contributed by atoms with E-state index in [4.69, 9.17) is 0 Å². The van der Waals surface area contributed by atoms with Crippen LogP contribution in [0, 0.1) is 0 Å². The molecule has 0 heterocycles. The predicted molar refractivity (Wildman–Crippen MR) is 42.2 cm³/mol. The van der Waals surface area contributed by atoms with Crippen LogP contribution in [0.2, 0.25) is 0 Å². The molecule has 0 amide bonds. The summed E-state index contributed by atoms with van der Waals surface area (Å²) in [7, 11) is 0. The zero-order valence-corrected chi connectivity index (χ0v) is 7.39. The Bertz CT molecular complexity index is 129. The highest BCUT2D eigenvalue weighted by Crippen LogP contribution is 2.13. The van der Waals surface area contributed by atoms with E-state index in [1.165, 1.54) is 0 Å². The van der Waals surface area contributed by atoms with E-state index in [-0.39, 0.29) is 12.4 Å². The van der Waals surface area contributed by atoms with Crippen LogP contribution in [-0.2, 0) is 9.53 Å². The van der Waals surface area contributed by atoms with Gasteiger partial charge >= 0.3 is 5.97 Å². The van der Waals surface area contributed by atoms with Crippen molar-refractivity contribution in [3.8, 4) is 0 Å². The van der Waals surface area contributed by atoms with Gasteiger partial charge in [0, 0.05) is 0 Å². The summed E-state index contributed by atoms with van der Waals surface area (Å²) < 4.78 is 4.68. The van der Waals surface area contributed by atoms with Crippen LogP contribution in [0.3, 0.4) is 0 Å². The Kier molecular flexibility index (Phi) is 4.11. The first-order valence-corrected chi connectivity index (χ1v) is 3.90. The van der Waals surface area contributed by atoms with Crippen LogP contribution in [0.4, 0.5) is 0 Å². The molecule has 0 aliphatic carbocycles. The molecule has 3 heteroatoms. The minimum atomic E-state index is -0.910. The summed E-state index contributed by atoms with van der Waals surface area (Å²) in [4.78, 5) is 10.8. The molecule has 0 aromatic heterocycles. The molecular formula is C8H16O3. The van der Waals surface area contributed by atoms with E-state index in [2.05, 4.69) is 4.74 Å². The van der Waals surface area contributed by atoms with Crippen molar-refractivity contribution in [3.05, 3.63) is 0 Å². The molecule has 0 saturated heterocycles. The number of hydrogen-bond acceptors (Lipinski definition) is 3. The van der Waals surface area contributed by atoms with Gasteiger partial charge in [0.15, 0.2) is 0 Å². The topological polar surface area (TPSA) is 46.5 Å². The molecule has 0 saturated carbocycles. The third-order valence-electron chi connectivity index (χ3n) is 1.59. The number of carbonyl (C=O) groups excluding carboxylic acids is 1. The van der Waals surface area contributed by atoms with E-state index in [1.54, 1.807) is 13.8 Å². The van der Waals surface area contributed by atoms with Crippen molar-refractivity contribution in [1.29, 1.82) is 0 Å². The van der Waals surface area contributed by atoms with Crippen molar-refractivity contribution in [3.63, 3.8) is 0 Å². The quantitative estimate of drug-likeness (QED) is 0.626. The monoisotopic (exact) mass is 160 g/mol. The molecule has 0 aromatic rings. The molecule has 0 fully saturated rings. The molecule has 0 aromatic carbocycles. The molecule has 0 aliphatic heterocycles. The Balaban J connectivity index is 3.74. The lowest BCUT2D eigenvalue weighted by molar-refractivity contribution is -0.148. The van der Waals surface area contributed by atoms with Crippen LogP contribution >= 0.6 is 0 Å². The SMILES string of the molecule is CCOC(=O)C[C@](C)(O)CC. The zero-order valence-electron chi connectivity index (χ0n) is 7.39. The van der Waals surface area contributed by atoms with Gasteiger partial charge in [-0.2, -0.15) is 0 Å². The van der Waals surface area contributed by atoms with Gasteiger partial charge in [-0.05, 0) is 20.3 Å². The number of esters is 1. The van der Waals surface area contributed by atoms with E-state index in [9.17, 15) is 9.90 Å². The molecule has 1 N–H and O–H groups in total. The molecule has 0 radical (unpaired) electrons. The van der Waals surface area contributed by atoms with E-state index in [0.717, 1.165) is 0 Å². The van der Waals surface area contributed by atoms with Gasteiger partial charge in [0.1, 0.15) is 0 Å². The smallest absolute Gasteiger partial charge is 0.308 e. The minimum Gasteiger partial charge on any atom is -0.466 e. The fraction of sp³-hybridized carbons (Fsp3) is 0.875. The lowest BCUT2D eigenvalue weighted by Gasteiger charge is -2.19. The summed E-state index contributed by atoms with van der Waals surface area (Å²) in [5, 5.41) is 9.42. The molecule has 11 heavy (non-hydrogen) atoms. The van der Waals surface area contributed by atoms with Gasteiger partial charge < -0.3 is 9.84 Å². The first-order valence-electron chi connectivity index (χ1n) is 3.90. The Morgan fingerprint density at radius 1 is 1.55 bits per heavy atom. The van der Waals surface area contributed by atoms with Gasteiger partial charge in [-0.3, -0.25) is 4.79 Å². The van der Waals surface area contributed by atoms with Crippen LogP contribution in [0.15, 0.2) is 0 Å². The predicted octanol–water partition coefficient (Wildman–Crippen LogP) is 1.10. The molecule has 0 unspecified atom stereocenters. The van der Waals surface area contributed by atoms with Crippen molar-refractivity contribution in [1.82, 2.24) is 0 Å². The lowest BCUT2D eigenvalue weighted by atomic mass is 10.00. The molecule has 0 rings (SSSR count). The Hall–Kier alpha value is -0.570. The standard InChI is InChI=1S/C8H16O3/c1-4-8(3,10)6-7(9)11-5-2/h10H,4-6H2,1-3H3/t8-/m1/s1. The van der Waals surface area contributed by atoms with E-state index in [0.29, 0.717) is 13.0 Å². The number of carbonyl (C=O) groups is 1. The summed E-state index contributed by atoms with van der Waals surface area (Å²) in [6.45, 7) is 5.58. The minimum absolute atomic E-state index is 0.0807. The number of aliphatic hydroxyl groups is 1. The largest absolute Gasteiger partial charge is 0.466 e. The van der Waals surface area contributed by atoms with Gasteiger partial charge in [-0.1, -0.05) is 6.92 Å². The normalized spacial score (nSPS) is 15.6. The molecular weight excluding hydrogens is 144 g/mol. The fourth-order valence-corrected chi connectivity index (χ4v) is 0.648. The maximum Gasteiger partial charge on any atom is 0.308 e. The zero-order chi connectivity index (χ0) is 8.91. The molecule has 0 aliphatic rings. The second kappa shape index (κ2) is 4.34. The molecule has 0 bridgehead atoms. The lowest BCUT2D eigenvalue weighted by Crippen LogP contribution is -2.27. The van der Waals surface area contributed by atoms with Crippen molar-refractivity contribution in [2.45, 2.75) is 39.2 Å². The van der Waals surface area contributed by atoms with Gasteiger partial charge in [-0.15, -0.1) is 0 Å². The summed E-state index contributed by atoms with van der Waals surface area (Å²) in [5.41, 5.74) is -0.910. The maximum absolute atomic E-state index is 10.8. The molecule has 3 nitrogen and oxygen atoms in total. The summed E-state index contributed by atoms with van der Waals surface area (Å²) in [6.07, 6.45) is 0.642. The first kappa shape index (κ1) is 10.4. The summed E-state index contributed by atoms with van der Waals surface area (Å²) in [6, 6.07) is 0. The Morgan fingerprint density at radius 3 is 2.45 bits per heavy atom. The van der Waals surface area contributed by atoms with Crippen LogP contribution in [0.1, 0.15) is 33.6 Å². The van der Waals surface area contributed by atoms with Crippen LogP contribution < -0.4 is 0 Å². The van der Waals surface area contributed by atoms with Gasteiger partial charge in [0.2, 0.25) is 0 Å². The Labute approximate surface area is 67.4 Å². The number of hydrogen-bond donors (Lipinski definition) is 1. The fourth-order valence-electron chi connectivity index (χ4n) is 0.648. The number of rotatable bonds is 4. The van der Waals surface area contributed by atoms with Crippen molar-refractivity contribution < 1.29 is 14.6 Å². The van der Waals surface area contributed by atoms with Crippen LogP contribution in [0.25, 0.3) is 0 Å². The van der Waals surface area contributed by atoms with Gasteiger partial charge in [0.05, 0.1) is 18.6 Å². The molecule has 66 valence electrons. The van der Waals surface area contributed by atoms with Crippen molar-refractivity contribution in [2.75, 3.05) is 6.61 Å². The summed E-state index contributed by atoms with van der Waals surface area (Å²) >= 11 is 0. The molecule has 1 atom stereocenters. The van der Waals surface area contributed by atoms with Crippen molar-refractivity contribution in [2.24, 2.45) is 0 Å². The molecule has 0 spiro atoms. The number of ether oxygens (including phenoxy) is 1. The van der Waals surface area contributed by atoms with Crippen LogP contribution in [0.5, 0.6) is 0 Å². The van der Waals surface area contributed by atoms with Gasteiger partial charge in [0.25, 0.3) is 0 Å². The van der Waals surface area contributed by atoms with E-state index in [1.807, 2.05) is 6.92 Å². The third-order valence-corrected chi connectivity index (χ3v) is 1.59. The second-order valence-electron chi connectivity index (χ2n) is 2.83. The Morgan fingerprint density at radius 2 is 2.09 bits per heavy atom. The highest BCUT2D eigenvalue weighted by molar-refractivity contribution is 5.70. The van der Waals surface area contributed by atoms with E-state index >= 15 is 0 Å². The maximum atomic E-state index is 10.8. The van der Waals surface area contributed by atoms with Crippen LogP contribution in [-0.4, -0.2) is 23.3 Å².